The van der Waals surface area contributed by atoms with Gasteiger partial charge in [0, 0.05) is 18.3 Å². The zero-order chi connectivity index (χ0) is 15.0. The number of fused-ring (bicyclic) bond motifs is 1. The van der Waals surface area contributed by atoms with Gasteiger partial charge in [0.2, 0.25) is 0 Å². The lowest BCUT2D eigenvalue weighted by Crippen LogP contribution is -2.03. The second kappa shape index (κ2) is 5.30. The molecule has 21 heavy (non-hydrogen) atoms. The monoisotopic (exact) mass is 283 g/mol. The van der Waals surface area contributed by atoms with E-state index >= 15 is 0 Å². The van der Waals surface area contributed by atoms with Gasteiger partial charge >= 0.3 is 0 Å². The summed E-state index contributed by atoms with van der Waals surface area (Å²) in [4.78, 5) is 4.59. The van der Waals surface area contributed by atoms with Crippen molar-refractivity contribution in [1.29, 1.82) is 0 Å². The van der Waals surface area contributed by atoms with Crippen molar-refractivity contribution in [1.82, 2.24) is 9.38 Å². The minimum atomic E-state index is -0.295. The van der Waals surface area contributed by atoms with E-state index in [2.05, 4.69) is 31.0 Å². The molecule has 0 saturated heterocycles. The number of hydrogen-bond acceptors (Lipinski definition) is 2. The van der Waals surface area contributed by atoms with Gasteiger partial charge in [0.05, 0.1) is 11.4 Å². The predicted molar refractivity (Wildman–Crippen MR) is 82.6 cm³/mol. The van der Waals surface area contributed by atoms with Gasteiger partial charge in [-0.15, -0.1) is 0 Å². The molecule has 4 heteroatoms. The second-order valence-electron chi connectivity index (χ2n) is 5.46. The van der Waals surface area contributed by atoms with E-state index < -0.39 is 0 Å². The summed E-state index contributed by atoms with van der Waals surface area (Å²) >= 11 is 0. The van der Waals surface area contributed by atoms with E-state index in [0.717, 1.165) is 17.0 Å². The Kier molecular flexibility index (Phi) is 3.47. The number of halogens is 1. The van der Waals surface area contributed by atoms with Crippen molar-refractivity contribution in [3.05, 3.63) is 59.7 Å². The molecule has 1 aromatic carbocycles. The third kappa shape index (κ3) is 2.43. The zero-order valence-electron chi connectivity index (χ0n) is 12.2. The molecule has 0 radical (unpaired) electrons. The Morgan fingerprint density at radius 1 is 1.14 bits per heavy atom. The molecular weight excluding hydrogens is 265 g/mol. The van der Waals surface area contributed by atoms with Gasteiger partial charge in [-0.25, -0.2) is 9.37 Å². The Morgan fingerprint density at radius 3 is 2.48 bits per heavy atom. The van der Waals surface area contributed by atoms with Crippen molar-refractivity contribution in [2.75, 3.05) is 0 Å². The van der Waals surface area contributed by atoms with Crippen LogP contribution in [0.5, 0.6) is 0 Å². The number of nitrogens with two attached hydrogens (primary N) is 1. The highest BCUT2D eigenvalue weighted by molar-refractivity contribution is 5.67. The summed E-state index contributed by atoms with van der Waals surface area (Å²) in [6, 6.07) is 11.4. The van der Waals surface area contributed by atoms with Crippen LogP contribution in [0.2, 0.25) is 0 Å². The SMILES string of the molecule is CC(C)c1ccc(-c2nc3ccc(F)cn3c2CN)cc1. The van der Waals surface area contributed by atoms with Crippen LogP contribution in [0.25, 0.3) is 16.9 Å². The lowest BCUT2D eigenvalue weighted by Gasteiger charge is -2.07. The van der Waals surface area contributed by atoms with E-state index in [1.807, 2.05) is 12.1 Å². The van der Waals surface area contributed by atoms with E-state index in [-0.39, 0.29) is 5.82 Å². The van der Waals surface area contributed by atoms with E-state index in [0.29, 0.717) is 18.1 Å². The van der Waals surface area contributed by atoms with Gasteiger partial charge in [-0.1, -0.05) is 38.1 Å². The summed E-state index contributed by atoms with van der Waals surface area (Å²) in [6.45, 7) is 4.63. The third-order valence-electron chi connectivity index (χ3n) is 3.73. The Bertz CT molecular complexity index is 773. The molecule has 0 aliphatic heterocycles. The van der Waals surface area contributed by atoms with Gasteiger partial charge in [-0.3, -0.25) is 4.40 Å². The Labute approximate surface area is 123 Å². The number of aromatic nitrogens is 2. The first-order chi connectivity index (χ1) is 10.1. The number of pyridine rings is 1. The number of hydrogen-bond donors (Lipinski definition) is 1. The average molecular weight is 283 g/mol. The van der Waals surface area contributed by atoms with Gasteiger partial charge in [-0.2, -0.15) is 0 Å². The molecule has 0 saturated carbocycles. The molecule has 108 valence electrons. The highest BCUT2D eigenvalue weighted by atomic mass is 19.1. The van der Waals surface area contributed by atoms with Crippen LogP contribution in [-0.2, 0) is 6.54 Å². The summed E-state index contributed by atoms with van der Waals surface area (Å²) < 4.78 is 15.1. The minimum Gasteiger partial charge on any atom is -0.325 e. The highest BCUT2D eigenvalue weighted by Gasteiger charge is 2.13. The summed E-state index contributed by atoms with van der Waals surface area (Å²) in [6.07, 6.45) is 1.43. The minimum absolute atomic E-state index is 0.295. The first-order valence-electron chi connectivity index (χ1n) is 7.07. The van der Waals surface area contributed by atoms with Gasteiger partial charge in [0.25, 0.3) is 0 Å². The van der Waals surface area contributed by atoms with Gasteiger partial charge in [0.15, 0.2) is 0 Å². The van der Waals surface area contributed by atoms with Crippen molar-refractivity contribution in [2.24, 2.45) is 5.73 Å². The Balaban J connectivity index is 2.15. The Morgan fingerprint density at radius 2 is 1.86 bits per heavy atom. The van der Waals surface area contributed by atoms with Crippen LogP contribution in [0.1, 0.15) is 31.0 Å². The molecule has 0 aliphatic rings. The molecule has 0 bridgehead atoms. The van der Waals surface area contributed by atoms with Crippen molar-refractivity contribution < 1.29 is 4.39 Å². The topological polar surface area (TPSA) is 43.3 Å². The van der Waals surface area contributed by atoms with Crippen LogP contribution in [-0.4, -0.2) is 9.38 Å². The maximum Gasteiger partial charge on any atom is 0.139 e. The van der Waals surface area contributed by atoms with Crippen molar-refractivity contribution in [3.8, 4) is 11.3 Å². The van der Waals surface area contributed by atoms with Crippen molar-refractivity contribution in [2.45, 2.75) is 26.3 Å². The van der Waals surface area contributed by atoms with E-state index in [4.69, 9.17) is 5.73 Å². The van der Waals surface area contributed by atoms with Gasteiger partial charge in [-0.05, 0) is 23.6 Å². The standard InChI is InChI=1S/C17H18FN3/c1-11(2)12-3-5-13(6-4-12)17-15(9-19)21-10-14(18)7-8-16(21)20-17/h3-8,10-11H,9,19H2,1-2H3. The van der Waals surface area contributed by atoms with Crippen molar-refractivity contribution in [3.63, 3.8) is 0 Å². The third-order valence-corrected chi connectivity index (χ3v) is 3.73. The number of rotatable bonds is 3. The van der Waals surface area contributed by atoms with E-state index in [9.17, 15) is 4.39 Å². The molecule has 0 atom stereocenters. The highest BCUT2D eigenvalue weighted by Crippen LogP contribution is 2.26. The molecule has 2 heterocycles. The van der Waals surface area contributed by atoms with Crippen LogP contribution in [0, 0.1) is 5.82 Å². The normalized spacial score (nSPS) is 11.5. The molecule has 3 rings (SSSR count). The van der Waals surface area contributed by atoms with Crippen LogP contribution in [0.4, 0.5) is 4.39 Å². The van der Waals surface area contributed by atoms with Crippen LogP contribution in [0.15, 0.2) is 42.6 Å². The van der Waals surface area contributed by atoms with Crippen molar-refractivity contribution >= 4 is 5.65 Å². The Hall–Kier alpha value is -2.20. The smallest absolute Gasteiger partial charge is 0.139 e. The van der Waals surface area contributed by atoms with Crippen LogP contribution in [0.3, 0.4) is 0 Å². The number of benzene rings is 1. The molecule has 0 unspecified atom stereocenters. The number of nitrogens with zero attached hydrogens (tertiary/aromatic N) is 2. The fraction of sp³-hybridized carbons (Fsp3) is 0.235. The first-order valence-corrected chi connectivity index (χ1v) is 7.07. The van der Waals surface area contributed by atoms with E-state index in [1.54, 1.807) is 10.5 Å². The average Bonchev–Trinajstić information content (AvgIpc) is 2.85. The first kappa shape index (κ1) is 13.8. The van der Waals surface area contributed by atoms with Crippen LogP contribution >= 0.6 is 0 Å². The fourth-order valence-corrected chi connectivity index (χ4v) is 2.52. The van der Waals surface area contributed by atoms with E-state index in [1.165, 1.54) is 17.8 Å². The predicted octanol–water partition coefficient (Wildman–Crippen LogP) is 3.72. The summed E-state index contributed by atoms with van der Waals surface area (Å²) in [5, 5.41) is 0. The molecule has 3 aromatic rings. The zero-order valence-corrected chi connectivity index (χ0v) is 12.2. The molecule has 0 aliphatic carbocycles. The van der Waals surface area contributed by atoms with Crippen LogP contribution < -0.4 is 5.73 Å². The quantitative estimate of drug-likeness (QED) is 0.796. The second-order valence-corrected chi connectivity index (χ2v) is 5.46. The lowest BCUT2D eigenvalue weighted by molar-refractivity contribution is 0.618. The maximum absolute atomic E-state index is 13.4. The molecule has 3 nitrogen and oxygen atoms in total. The fourth-order valence-electron chi connectivity index (χ4n) is 2.52. The largest absolute Gasteiger partial charge is 0.325 e. The molecule has 0 spiro atoms. The maximum atomic E-state index is 13.4. The molecule has 0 fully saturated rings. The van der Waals surface area contributed by atoms with Gasteiger partial charge < -0.3 is 5.73 Å². The summed E-state index contributed by atoms with van der Waals surface area (Å²) in [5.41, 5.74) is 10.5. The number of imidazole rings is 1. The summed E-state index contributed by atoms with van der Waals surface area (Å²) in [5.74, 6) is 0.194. The molecule has 2 N–H and O–H groups in total. The molecule has 0 amide bonds. The summed E-state index contributed by atoms with van der Waals surface area (Å²) in [7, 11) is 0. The molecular formula is C17H18FN3. The molecule has 2 aromatic heterocycles. The van der Waals surface area contributed by atoms with Gasteiger partial charge in [0.1, 0.15) is 11.5 Å². The lowest BCUT2D eigenvalue weighted by atomic mass is 10.0.